The van der Waals surface area contributed by atoms with Gasteiger partial charge in [-0.2, -0.15) is 13.2 Å². The van der Waals surface area contributed by atoms with E-state index in [9.17, 15) is 13.2 Å². The number of alkyl halides is 3. The summed E-state index contributed by atoms with van der Waals surface area (Å²) in [4.78, 5) is 7.37. The van der Waals surface area contributed by atoms with E-state index in [-0.39, 0.29) is 22.1 Å². The van der Waals surface area contributed by atoms with Crippen LogP contribution in [-0.4, -0.2) is 9.97 Å². The van der Waals surface area contributed by atoms with E-state index < -0.39 is 11.7 Å². The van der Waals surface area contributed by atoms with E-state index in [0.717, 1.165) is 12.4 Å². The molecule has 0 saturated carbocycles. The lowest BCUT2D eigenvalue weighted by Gasteiger charge is -2.13. The third-order valence-electron chi connectivity index (χ3n) is 2.30. The molecule has 1 aromatic carbocycles. The van der Waals surface area contributed by atoms with Crippen LogP contribution in [0.25, 0.3) is 11.3 Å². The summed E-state index contributed by atoms with van der Waals surface area (Å²) in [7, 11) is 0. The molecule has 0 aliphatic rings. The number of hydrogen-bond acceptors (Lipinski definition) is 3. The Bertz CT molecular complexity index is 584. The number of nitrogens with zero attached hydrogens (tertiary/aromatic N) is 2. The lowest BCUT2D eigenvalue weighted by atomic mass is 10.0. The fourth-order valence-electron chi connectivity index (χ4n) is 1.51. The van der Waals surface area contributed by atoms with Crippen LogP contribution in [0.1, 0.15) is 5.56 Å². The van der Waals surface area contributed by atoms with E-state index in [1.807, 2.05) is 0 Å². The van der Waals surface area contributed by atoms with Crippen molar-refractivity contribution in [2.75, 3.05) is 5.73 Å². The minimum absolute atomic E-state index is 0.0305. The Hall–Kier alpha value is -1.82. The highest BCUT2D eigenvalue weighted by atomic mass is 35.5. The Morgan fingerprint density at radius 1 is 1.11 bits per heavy atom. The zero-order valence-corrected chi connectivity index (χ0v) is 9.63. The molecule has 0 unspecified atom stereocenters. The topological polar surface area (TPSA) is 51.8 Å². The van der Waals surface area contributed by atoms with Crippen LogP contribution in [-0.2, 0) is 6.18 Å². The average Bonchev–Trinajstić information content (AvgIpc) is 2.32. The molecule has 18 heavy (non-hydrogen) atoms. The molecule has 0 atom stereocenters. The SMILES string of the molecule is Nc1ncnc(-c2ccccc2C(F)(F)F)c1Cl. The molecule has 0 fully saturated rings. The highest BCUT2D eigenvalue weighted by Crippen LogP contribution is 2.39. The summed E-state index contributed by atoms with van der Waals surface area (Å²) in [6, 6.07) is 5.02. The summed E-state index contributed by atoms with van der Waals surface area (Å²) in [5, 5.41) is -0.0887. The first-order valence-corrected chi connectivity index (χ1v) is 5.21. The molecule has 0 amide bonds. The maximum Gasteiger partial charge on any atom is 0.417 e. The molecule has 3 nitrogen and oxygen atoms in total. The predicted octanol–water partition coefficient (Wildman–Crippen LogP) is 3.40. The second kappa shape index (κ2) is 4.45. The number of aromatic nitrogens is 2. The van der Waals surface area contributed by atoms with Crippen molar-refractivity contribution in [3.8, 4) is 11.3 Å². The largest absolute Gasteiger partial charge is 0.417 e. The number of benzene rings is 1. The quantitative estimate of drug-likeness (QED) is 0.866. The van der Waals surface area contributed by atoms with Crippen molar-refractivity contribution >= 4 is 17.4 Å². The lowest BCUT2D eigenvalue weighted by Crippen LogP contribution is -2.08. The molecule has 1 aromatic heterocycles. The van der Waals surface area contributed by atoms with Gasteiger partial charge >= 0.3 is 6.18 Å². The highest BCUT2D eigenvalue weighted by Gasteiger charge is 2.34. The van der Waals surface area contributed by atoms with Gasteiger partial charge in [0.15, 0.2) is 0 Å². The van der Waals surface area contributed by atoms with Gasteiger partial charge in [-0.05, 0) is 6.07 Å². The average molecular weight is 274 g/mol. The van der Waals surface area contributed by atoms with Crippen LogP contribution in [0.4, 0.5) is 19.0 Å². The van der Waals surface area contributed by atoms with E-state index in [1.54, 1.807) is 0 Å². The first-order valence-electron chi connectivity index (χ1n) is 4.84. The van der Waals surface area contributed by atoms with Gasteiger partial charge in [0.25, 0.3) is 0 Å². The Morgan fingerprint density at radius 2 is 1.78 bits per heavy atom. The number of hydrogen-bond donors (Lipinski definition) is 1. The Kier molecular flexibility index (Phi) is 3.13. The van der Waals surface area contributed by atoms with Gasteiger partial charge in [0.2, 0.25) is 0 Å². The molecule has 0 aliphatic carbocycles. The molecule has 0 spiro atoms. The van der Waals surface area contributed by atoms with Gasteiger partial charge in [-0.1, -0.05) is 29.8 Å². The van der Waals surface area contributed by atoms with Gasteiger partial charge in [-0.15, -0.1) is 0 Å². The zero-order valence-electron chi connectivity index (χ0n) is 8.87. The van der Waals surface area contributed by atoms with Gasteiger partial charge in [0.1, 0.15) is 17.2 Å². The van der Waals surface area contributed by atoms with E-state index in [2.05, 4.69) is 9.97 Å². The molecule has 94 valence electrons. The van der Waals surface area contributed by atoms with Crippen molar-refractivity contribution in [2.45, 2.75) is 6.18 Å². The molecule has 2 aromatic rings. The van der Waals surface area contributed by atoms with Crippen LogP contribution in [0.3, 0.4) is 0 Å². The van der Waals surface area contributed by atoms with Crippen molar-refractivity contribution in [3.63, 3.8) is 0 Å². The number of nitrogens with two attached hydrogens (primary N) is 1. The molecule has 0 saturated heterocycles. The fraction of sp³-hybridized carbons (Fsp3) is 0.0909. The van der Waals surface area contributed by atoms with Crippen molar-refractivity contribution in [1.82, 2.24) is 9.97 Å². The minimum atomic E-state index is -4.49. The van der Waals surface area contributed by atoms with Crippen LogP contribution in [0, 0.1) is 0 Å². The van der Waals surface area contributed by atoms with Gasteiger partial charge in [0, 0.05) is 5.56 Å². The molecule has 1 heterocycles. The molecule has 2 rings (SSSR count). The molecule has 0 bridgehead atoms. The number of nitrogen functional groups attached to an aromatic ring is 1. The van der Waals surface area contributed by atoms with E-state index in [0.29, 0.717) is 0 Å². The van der Waals surface area contributed by atoms with Gasteiger partial charge in [0.05, 0.1) is 11.3 Å². The number of rotatable bonds is 1. The summed E-state index contributed by atoms with van der Waals surface area (Å²) in [5.41, 5.74) is 4.49. The van der Waals surface area contributed by atoms with Crippen LogP contribution in [0.5, 0.6) is 0 Å². The van der Waals surface area contributed by atoms with Gasteiger partial charge in [-0.25, -0.2) is 9.97 Å². The molecular weight excluding hydrogens is 267 g/mol. The first kappa shape index (κ1) is 12.6. The molecule has 0 aliphatic heterocycles. The maximum absolute atomic E-state index is 12.8. The maximum atomic E-state index is 12.8. The monoisotopic (exact) mass is 273 g/mol. The van der Waals surface area contributed by atoms with Crippen molar-refractivity contribution < 1.29 is 13.2 Å². The number of anilines is 1. The number of halogens is 4. The van der Waals surface area contributed by atoms with Gasteiger partial charge in [-0.3, -0.25) is 0 Å². The second-order valence-electron chi connectivity index (χ2n) is 3.46. The van der Waals surface area contributed by atoms with E-state index in [1.165, 1.54) is 18.2 Å². The predicted molar refractivity (Wildman–Crippen MR) is 61.9 cm³/mol. The van der Waals surface area contributed by atoms with Crippen molar-refractivity contribution in [1.29, 1.82) is 0 Å². The summed E-state index contributed by atoms with van der Waals surface area (Å²) >= 11 is 5.83. The minimum Gasteiger partial charge on any atom is -0.382 e. The van der Waals surface area contributed by atoms with E-state index in [4.69, 9.17) is 17.3 Å². The fourth-order valence-corrected chi connectivity index (χ4v) is 1.71. The van der Waals surface area contributed by atoms with Crippen LogP contribution >= 0.6 is 11.6 Å². The van der Waals surface area contributed by atoms with Crippen molar-refractivity contribution in [2.24, 2.45) is 0 Å². The summed E-state index contributed by atoms with van der Waals surface area (Å²) in [6.07, 6.45) is -3.41. The third-order valence-corrected chi connectivity index (χ3v) is 2.68. The Labute approximate surface area is 105 Å². The summed E-state index contributed by atoms with van der Waals surface area (Å²) in [5.74, 6) is -0.0568. The summed E-state index contributed by atoms with van der Waals surface area (Å²) in [6.45, 7) is 0. The van der Waals surface area contributed by atoms with Crippen molar-refractivity contribution in [3.05, 3.63) is 41.2 Å². The van der Waals surface area contributed by atoms with Crippen LogP contribution in [0.15, 0.2) is 30.6 Å². The summed E-state index contributed by atoms with van der Waals surface area (Å²) < 4.78 is 38.5. The smallest absolute Gasteiger partial charge is 0.382 e. The van der Waals surface area contributed by atoms with E-state index >= 15 is 0 Å². The molecule has 0 radical (unpaired) electrons. The molecule has 2 N–H and O–H groups in total. The molecular formula is C11H7ClF3N3. The highest BCUT2D eigenvalue weighted by molar-refractivity contribution is 6.35. The van der Waals surface area contributed by atoms with Crippen LogP contribution in [0.2, 0.25) is 5.02 Å². The standard InChI is InChI=1S/C11H7ClF3N3/c12-8-9(17-5-18-10(8)16)6-3-1-2-4-7(6)11(13,14)15/h1-5H,(H2,16,17,18). The van der Waals surface area contributed by atoms with Gasteiger partial charge < -0.3 is 5.73 Å². The normalized spacial score (nSPS) is 11.6. The second-order valence-corrected chi connectivity index (χ2v) is 3.84. The third kappa shape index (κ3) is 2.24. The Balaban J connectivity index is 2.69. The lowest BCUT2D eigenvalue weighted by molar-refractivity contribution is -0.137. The first-order chi connectivity index (χ1) is 8.41. The Morgan fingerprint density at radius 3 is 2.44 bits per heavy atom. The van der Waals surface area contributed by atoms with Crippen LogP contribution < -0.4 is 5.73 Å². The molecule has 7 heteroatoms. The zero-order chi connectivity index (χ0) is 13.3.